The number of carbonyl (C=O) groups excluding carboxylic acids is 1. The molecule has 0 spiro atoms. The highest BCUT2D eigenvalue weighted by molar-refractivity contribution is 9.10. The van der Waals surface area contributed by atoms with Crippen LogP contribution in [-0.4, -0.2) is 37.5 Å². The number of rotatable bonds is 5. The predicted octanol–water partition coefficient (Wildman–Crippen LogP) is 2.52. The number of benzene rings is 1. The minimum Gasteiger partial charge on any atom is -0.350 e. The fourth-order valence-electron chi connectivity index (χ4n) is 1.47. The zero-order valence-corrected chi connectivity index (χ0v) is 12.1. The smallest absolute Gasteiger partial charge is 0.252 e. The third-order valence-electron chi connectivity index (χ3n) is 2.51. The summed E-state index contributed by atoms with van der Waals surface area (Å²) >= 11 is 3.38. The fraction of sp³-hybridized carbons (Fsp3) is 0.462. The van der Waals surface area contributed by atoms with E-state index in [9.17, 15) is 4.79 Å². The summed E-state index contributed by atoms with van der Waals surface area (Å²) in [5.74, 6) is -0.0243. The molecule has 0 aliphatic heterocycles. The average Bonchev–Trinajstić information content (AvgIpc) is 2.26. The summed E-state index contributed by atoms with van der Waals surface area (Å²) in [4.78, 5) is 14.1. The maximum atomic E-state index is 12.0. The molecule has 17 heavy (non-hydrogen) atoms. The van der Waals surface area contributed by atoms with Crippen molar-refractivity contribution >= 4 is 21.8 Å². The Morgan fingerprint density at radius 2 is 2.06 bits per heavy atom. The number of hydrogen-bond donors (Lipinski definition) is 1. The van der Waals surface area contributed by atoms with Gasteiger partial charge in [0.1, 0.15) is 0 Å². The first-order chi connectivity index (χ1) is 8.00. The van der Waals surface area contributed by atoms with E-state index in [2.05, 4.69) is 26.1 Å². The second-order valence-electron chi connectivity index (χ2n) is 4.45. The number of halogens is 1. The lowest BCUT2D eigenvalue weighted by Crippen LogP contribution is -2.34. The van der Waals surface area contributed by atoms with Crippen molar-refractivity contribution in [2.75, 3.05) is 20.6 Å². The van der Waals surface area contributed by atoms with E-state index < -0.39 is 0 Å². The highest BCUT2D eigenvalue weighted by atomic mass is 79.9. The summed E-state index contributed by atoms with van der Waals surface area (Å²) in [6.45, 7) is 3.00. The van der Waals surface area contributed by atoms with Crippen LogP contribution in [0.2, 0.25) is 0 Å². The molecule has 0 aliphatic carbocycles. The Labute approximate surface area is 111 Å². The summed E-state index contributed by atoms with van der Waals surface area (Å²) in [5, 5.41) is 3.00. The van der Waals surface area contributed by atoms with Gasteiger partial charge in [-0.2, -0.15) is 0 Å². The molecule has 4 heteroatoms. The van der Waals surface area contributed by atoms with Crippen LogP contribution in [0.1, 0.15) is 23.7 Å². The largest absolute Gasteiger partial charge is 0.350 e. The molecule has 0 radical (unpaired) electrons. The molecule has 1 unspecified atom stereocenters. The monoisotopic (exact) mass is 298 g/mol. The Morgan fingerprint density at radius 3 is 2.65 bits per heavy atom. The predicted molar refractivity (Wildman–Crippen MR) is 74.2 cm³/mol. The molecule has 94 valence electrons. The van der Waals surface area contributed by atoms with E-state index in [1.165, 1.54) is 0 Å². The van der Waals surface area contributed by atoms with Crippen LogP contribution in [0.25, 0.3) is 0 Å². The van der Waals surface area contributed by atoms with Gasteiger partial charge in [0.2, 0.25) is 0 Å². The molecule has 0 aromatic heterocycles. The molecule has 0 heterocycles. The van der Waals surface area contributed by atoms with E-state index in [-0.39, 0.29) is 11.9 Å². The van der Waals surface area contributed by atoms with Crippen LogP contribution in [-0.2, 0) is 0 Å². The maximum Gasteiger partial charge on any atom is 0.252 e. The Bertz CT molecular complexity index is 379. The third kappa shape index (κ3) is 4.88. The minimum absolute atomic E-state index is 0.0243. The molecular formula is C13H19BrN2O. The van der Waals surface area contributed by atoms with Gasteiger partial charge in [-0.25, -0.2) is 0 Å². The first kappa shape index (κ1) is 14.2. The Morgan fingerprint density at radius 1 is 1.41 bits per heavy atom. The molecule has 0 fully saturated rings. The van der Waals surface area contributed by atoms with Gasteiger partial charge < -0.3 is 10.2 Å². The van der Waals surface area contributed by atoms with E-state index in [0.717, 1.165) is 17.4 Å². The van der Waals surface area contributed by atoms with Crippen LogP contribution in [0.3, 0.4) is 0 Å². The molecule has 1 amide bonds. The van der Waals surface area contributed by atoms with Crippen molar-refractivity contribution in [3.05, 3.63) is 34.3 Å². The topological polar surface area (TPSA) is 32.3 Å². The van der Waals surface area contributed by atoms with Crippen molar-refractivity contribution in [3.63, 3.8) is 0 Å². The SMILES string of the molecule is CC(CCN(C)C)NC(=O)c1ccccc1Br. The first-order valence-electron chi connectivity index (χ1n) is 5.71. The zero-order valence-electron chi connectivity index (χ0n) is 10.5. The summed E-state index contributed by atoms with van der Waals surface area (Å²) in [6.07, 6.45) is 0.948. The number of amides is 1. The lowest BCUT2D eigenvalue weighted by molar-refractivity contribution is 0.0936. The molecule has 0 bridgehead atoms. The number of hydrogen-bond acceptors (Lipinski definition) is 2. The molecule has 0 aliphatic rings. The summed E-state index contributed by atoms with van der Waals surface area (Å²) in [7, 11) is 4.06. The highest BCUT2D eigenvalue weighted by Crippen LogP contribution is 2.15. The van der Waals surface area contributed by atoms with Crippen LogP contribution in [0.5, 0.6) is 0 Å². The van der Waals surface area contributed by atoms with Gasteiger partial charge in [0.15, 0.2) is 0 Å². The van der Waals surface area contributed by atoms with Crippen molar-refractivity contribution in [3.8, 4) is 0 Å². The van der Waals surface area contributed by atoms with Gasteiger partial charge in [0, 0.05) is 10.5 Å². The molecule has 1 aromatic rings. The number of carbonyl (C=O) groups is 1. The summed E-state index contributed by atoms with van der Waals surface area (Å²) < 4.78 is 0.831. The van der Waals surface area contributed by atoms with Crippen LogP contribution < -0.4 is 5.32 Å². The normalized spacial score (nSPS) is 12.5. The quantitative estimate of drug-likeness (QED) is 0.906. The first-order valence-corrected chi connectivity index (χ1v) is 6.50. The van der Waals surface area contributed by atoms with Crippen molar-refractivity contribution in [1.29, 1.82) is 0 Å². The van der Waals surface area contributed by atoms with E-state index in [4.69, 9.17) is 0 Å². The van der Waals surface area contributed by atoms with Gasteiger partial charge in [0.25, 0.3) is 5.91 Å². The molecule has 1 atom stereocenters. The Balaban J connectivity index is 2.52. The Hall–Kier alpha value is -0.870. The highest BCUT2D eigenvalue weighted by Gasteiger charge is 2.12. The van der Waals surface area contributed by atoms with Gasteiger partial charge in [-0.3, -0.25) is 4.79 Å². The lowest BCUT2D eigenvalue weighted by Gasteiger charge is -2.17. The fourth-order valence-corrected chi connectivity index (χ4v) is 1.94. The van der Waals surface area contributed by atoms with E-state index in [0.29, 0.717) is 5.56 Å². The lowest BCUT2D eigenvalue weighted by atomic mass is 10.1. The van der Waals surface area contributed by atoms with Crippen LogP contribution in [0.4, 0.5) is 0 Å². The second kappa shape index (κ2) is 6.77. The van der Waals surface area contributed by atoms with Gasteiger partial charge in [-0.05, 0) is 62.0 Å². The maximum absolute atomic E-state index is 12.0. The molecular weight excluding hydrogens is 280 g/mol. The zero-order chi connectivity index (χ0) is 12.8. The van der Waals surface area contributed by atoms with Crippen LogP contribution in [0.15, 0.2) is 28.7 Å². The van der Waals surface area contributed by atoms with Crippen LogP contribution >= 0.6 is 15.9 Å². The molecule has 1 aromatic carbocycles. The Kier molecular flexibility index (Phi) is 5.65. The van der Waals surface area contributed by atoms with Gasteiger partial charge in [-0.15, -0.1) is 0 Å². The average molecular weight is 299 g/mol. The van der Waals surface area contributed by atoms with Gasteiger partial charge in [0.05, 0.1) is 5.56 Å². The van der Waals surface area contributed by atoms with Crippen LogP contribution in [0, 0.1) is 0 Å². The van der Waals surface area contributed by atoms with Gasteiger partial charge >= 0.3 is 0 Å². The minimum atomic E-state index is -0.0243. The van der Waals surface area contributed by atoms with E-state index in [1.54, 1.807) is 0 Å². The molecule has 3 nitrogen and oxygen atoms in total. The van der Waals surface area contributed by atoms with Crippen molar-refractivity contribution in [2.24, 2.45) is 0 Å². The van der Waals surface area contributed by atoms with Crippen molar-refractivity contribution in [1.82, 2.24) is 10.2 Å². The van der Waals surface area contributed by atoms with E-state index >= 15 is 0 Å². The second-order valence-corrected chi connectivity index (χ2v) is 5.30. The molecule has 0 saturated heterocycles. The van der Waals surface area contributed by atoms with Crippen molar-refractivity contribution in [2.45, 2.75) is 19.4 Å². The molecule has 1 rings (SSSR count). The number of nitrogens with zero attached hydrogens (tertiary/aromatic N) is 1. The molecule has 1 N–H and O–H groups in total. The van der Waals surface area contributed by atoms with Crippen molar-refractivity contribution < 1.29 is 4.79 Å². The van der Waals surface area contributed by atoms with E-state index in [1.807, 2.05) is 45.3 Å². The summed E-state index contributed by atoms with van der Waals surface area (Å²) in [5.41, 5.74) is 0.684. The summed E-state index contributed by atoms with van der Waals surface area (Å²) in [6, 6.07) is 7.63. The molecule has 0 saturated carbocycles. The van der Waals surface area contributed by atoms with Gasteiger partial charge in [-0.1, -0.05) is 12.1 Å². The standard InChI is InChI=1S/C13H19BrN2O/c1-10(8-9-16(2)3)15-13(17)11-6-4-5-7-12(11)14/h4-7,10H,8-9H2,1-3H3,(H,15,17). The third-order valence-corrected chi connectivity index (χ3v) is 3.20. The number of nitrogens with one attached hydrogen (secondary N) is 1.